The molecular formula is C40H49FN8O8. The first-order valence-corrected chi connectivity index (χ1v) is 19.0. The molecule has 4 heterocycles. The Morgan fingerprint density at radius 3 is 2.46 bits per heavy atom. The van der Waals surface area contributed by atoms with Crippen LogP contribution in [0.3, 0.4) is 0 Å². The standard InChI is InChI=1S/C40H49FN8O8/c1-22(2)35(48-40(53)56-5)37(50)42-13-7-6-10-34-43-20-29(45-34)26-18-33-25(17-27(26)41)16-24-15-23(11-12-32(24)57-33)28-19-44-36(46-28)31-9-8-14-49(31)38(51)30(21-54-3)47-39(52)55-4/h11-12,15,17-20,22,30-31,35H,6-10,13-14,16,21H2,1-5H3,(H,42,50)(H,43,45)(H,44,46)(H,47,52)(H,48,53)/t30-,31-,35-/m0/s1. The third kappa shape index (κ3) is 9.53. The zero-order valence-corrected chi connectivity index (χ0v) is 32.7. The number of aromatic amines is 2. The summed E-state index contributed by atoms with van der Waals surface area (Å²) in [5, 5.41) is 7.97. The van der Waals surface area contributed by atoms with Crippen LogP contribution in [0.4, 0.5) is 14.0 Å². The van der Waals surface area contributed by atoms with E-state index in [1.165, 1.54) is 27.4 Å². The van der Waals surface area contributed by atoms with Gasteiger partial charge in [0.1, 0.15) is 41.0 Å². The van der Waals surface area contributed by atoms with Crippen LogP contribution in [0.2, 0.25) is 0 Å². The molecule has 3 atom stereocenters. The first-order chi connectivity index (χ1) is 27.5. The first-order valence-electron chi connectivity index (χ1n) is 19.0. The van der Waals surface area contributed by atoms with Crippen molar-refractivity contribution in [2.45, 2.75) is 70.5 Å². The van der Waals surface area contributed by atoms with E-state index in [2.05, 4.69) is 45.4 Å². The second-order valence-electron chi connectivity index (χ2n) is 14.4. The molecule has 1 saturated heterocycles. The summed E-state index contributed by atoms with van der Waals surface area (Å²) in [5.41, 5.74) is 4.09. The number of alkyl carbamates (subject to hydrolysis) is 2. The minimum absolute atomic E-state index is 0.00200. The third-order valence-electron chi connectivity index (χ3n) is 10.1. The number of aryl methyl sites for hydroxylation is 1. The molecule has 2 aliphatic rings. The van der Waals surface area contributed by atoms with Gasteiger partial charge in [-0.05, 0) is 67.5 Å². The number of carbonyl (C=O) groups excluding carboxylic acids is 4. The van der Waals surface area contributed by atoms with Crippen LogP contribution < -0.4 is 20.7 Å². The molecule has 0 unspecified atom stereocenters. The van der Waals surface area contributed by atoms with E-state index >= 15 is 4.39 Å². The van der Waals surface area contributed by atoms with Crippen molar-refractivity contribution in [3.63, 3.8) is 0 Å². The minimum Gasteiger partial charge on any atom is -0.457 e. The predicted octanol–water partition coefficient (Wildman–Crippen LogP) is 5.16. The van der Waals surface area contributed by atoms with E-state index in [0.717, 1.165) is 29.7 Å². The van der Waals surface area contributed by atoms with E-state index in [0.29, 0.717) is 78.7 Å². The molecule has 6 rings (SSSR count). The zero-order valence-electron chi connectivity index (χ0n) is 32.7. The Bertz CT molecular complexity index is 2080. The average molecular weight is 789 g/mol. The van der Waals surface area contributed by atoms with Crippen LogP contribution in [0.15, 0.2) is 42.7 Å². The normalized spacial score (nSPS) is 15.6. The number of carbonyl (C=O) groups is 4. The number of aromatic nitrogens is 4. The molecule has 0 aliphatic carbocycles. The van der Waals surface area contributed by atoms with E-state index in [-0.39, 0.29) is 30.4 Å². The second kappa shape index (κ2) is 18.3. The van der Waals surface area contributed by atoms with Gasteiger partial charge in [-0.25, -0.2) is 23.9 Å². The van der Waals surface area contributed by atoms with Gasteiger partial charge in [-0.1, -0.05) is 13.8 Å². The lowest BCUT2D eigenvalue weighted by molar-refractivity contribution is -0.135. The fourth-order valence-corrected chi connectivity index (χ4v) is 7.14. The lowest BCUT2D eigenvalue weighted by atomic mass is 9.96. The highest BCUT2D eigenvalue weighted by Crippen LogP contribution is 2.41. The number of imidazole rings is 2. The second-order valence-corrected chi connectivity index (χ2v) is 14.4. The number of nitrogens with zero attached hydrogens (tertiary/aromatic N) is 3. The number of amides is 4. The number of halogens is 1. The Balaban J connectivity index is 1.06. The summed E-state index contributed by atoms with van der Waals surface area (Å²) >= 11 is 0. The Morgan fingerprint density at radius 1 is 0.947 bits per heavy atom. The molecule has 0 bridgehead atoms. The van der Waals surface area contributed by atoms with Crippen molar-refractivity contribution in [1.82, 2.24) is 40.8 Å². The number of H-pyrrole nitrogens is 2. The number of hydrogen-bond acceptors (Lipinski definition) is 10. The molecule has 0 spiro atoms. The summed E-state index contributed by atoms with van der Waals surface area (Å²) < 4.78 is 36.4. The predicted molar refractivity (Wildman–Crippen MR) is 206 cm³/mol. The van der Waals surface area contributed by atoms with Gasteiger partial charge in [0, 0.05) is 49.7 Å². The highest BCUT2D eigenvalue weighted by molar-refractivity contribution is 5.87. The lowest BCUT2D eigenvalue weighted by Gasteiger charge is -2.27. The van der Waals surface area contributed by atoms with Crippen molar-refractivity contribution in [3.05, 3.63) is 71.3 Å². The van der Waals surface area contributed by atoms with Crippen LogP contribution in [-0.4, -0.2) is 102 Å². The molecule has 4 aromatic rings. The molecule has 16 nitrogen and oxygen atoms in total. The van der Waals surface area contributed by atoms with Gasteiger partial charge in [0.2, 0.25) is 11.8 Å². The molecule has 57 heavy (non-hydrogen) atoms. The number of fused-ring (bicyclic) bond motifs is 2. The number of hydrogen-bond donors (Lipinski definition) is 5. The van der Waals surface area contributed by atoms with Gasteiger partial charge in [-0.2, -0.15) is 0 Å². The van der Waals surface area contributed by atoms with Crippen LogP contribution in [0.5, 0.6) is 11.5 Å². The quantitative estimate of drug-likeness (QED) is 0.0883. The summed E-state index contributed by atoms with van der Waals surface area (Å²) in [4.78, 5) is 66.8. The van der Waals surface area contributed by atoms with Crippen molar-refractivity contribution in [2.75, 3.05) is 41.0 Å². The monoisotopic (exact) mass is 788 g/mol. The topological polar surface area (TPSA) is 202 Å². The van der Waals surface area contributed by atoms with Crippen molar-refractivity contribution in [1.29, 1.82) is 0 Å². The summed E-state index contributed by atoms with van der Waals surface area (Å²) in [6, 6.07) is 7.08. The lowest BCUT2D eigenvalue weighted by Crippen LogP contribution is -2.50. The molecule has 0 saturated carbocycles. The van der Waals surface area contributed by atoms with E-state index in [1.807, 2.05) is 32.0 Å². The number of methoxy groups -OCH3 is 3. The van der Waals surface area contributed by atoms with E-state index < -0.39 is 30.1 Å². The largest absolute Gasteiger partial charge is 0.457 e. The van der Waals surface area contributed by atoms with Crippen LogP contribution >= 0.6 is 0 Å². The highest BCUT2D eigenvalue weighted by Gasteiger charge is 2.36. The number of likely N-dealkylation sites (tertiary alicyclic amines) is 1. The fraction of sp³-hybridized carbons (Fsp3) is 0.450. The maximum Gasteiger partial charge on any atom is 0.407 e. The van der Waals surface area contributed by atoms with Crippen LogP contribution in [-0.2, 0) is 36.6 Å². The third-order valence-corrected chi connectivity index (χ3v) is 10.1. The molecule has 304 valence electrons. The van der Waals surface area contributed by atoms with E-state index in [9.17, 15) is 19.2 Å². The summed E-state index contributed by atoms with van der Waals surface area (Å²) in [5.74, 6) is 1.49. The minimum atomic E-state index is -0.896. The number of rotatable bonds is 15. The molecule has 2 aromatic heterocycles. The number of unbranched alkanes of at least 4 members (excludes halogenated alkanes) is 1. The molecule has 17 heteroatoms. The van der Waals surface area contributed by atoms with Gasteiger partial charge in [-0.15, -0.1) is 0 Å². The SMILES string of the molecule is COC[C@H](NC(=O)OC)C(=O)N1CCC[C@H]1c1ncc(-c2ccc3c(c2)Cc2cc(F)c(-c4cnc(CCCCNC(=O)[C@@H](NC(=O)OC)C(C)C)[nH]4)cc2O3)[nH]1. The zero-order chi connectivity index (χ0) is 40.6. The van der Waals surface area contributed by atoms with Crippen molar-refractivity contribution in [2.24, 2.45) is 5.92 Å². The first kappa shape index (κ1) is 40.7. The molecular weight excluding hydrogens is 739 g/mol. The number of benzene rings is 2. The maximum absolute atomic E-state index is 15.6. The summed E-state index contributed by atoms with van der Waals surface area (Å²) in [6.45, 7) is 4.63. The Morgan fingerprint density at radius 2 is 1.70 bits per heavy atom. The molecule has 2 aromatic carbocycles. The molecule has 0 radical (unpaired) electrons. The van der Waals surface area contributed by atoms with Crippen molar-refractivity contribution in [3.8, 4) is 34.0 Å². The Labute approximate surface area is 329 Å². The van der Waals surface area contributed by atoms with Gasteiger partial charge < -0.3 is 49.8 Å². The fourth-order valence-electron chi connectivity index (χ4n) is 7.14. The van der Waals surface area contributed by atoms with Gasteiger partial charge in [-0.3, -0.25) is 9.59 Å². The Kier molecular flexibility index (Phi) is 13.1. The highest BCUT2D eigenvalue weighted by atomic mass is 19.1. The van der Waals surface area contributed by atoms with Crippen LogP contribution in [0.25, 0.3) is 22.5 Å². The van der Waals surface area contributed by atoms with Gasteiger partial charge in [0.05, 0.1) is 50.6 Å². The number of nitrogens with one attached hydrogen (secondary N) is 5. The van der Waals surface area contributed by atoms with Crippen LogP contribution in [0, 0.1) is 11.7 Å². The van der Waals surface area contributed by atoms with Gasteiger partial charge in [0.25, 0.3) is 0 Å². The summed E-state index contributed by atoms with van der Waals surface area (Å²) in [7, 11) is 3.95. The maximum atomic E-state index is 15.6. The van der Waals surface area contributed by atoms with Crippen molar-refractivity contribution < 1.29 is 42.5 Å². The number of ether oxygens (including phenoxy) is 4. The Hall–Kier alpha value is -5.97. The average Bonchev–Trinajstić information content (AvgIpc) is 4.00. The van der Waals surface area contributed by atoms with Gasteiger partial charge in [0.15, 0.2) is 0 Å². The van der Waals surface area contributed by atoms with Crippen molar-refractivity contribution >= 4 is 24.0 Å². The van der Waals surface area contributed by atoms with Gasteiger partial charge >= 0.3 is 12.2 Å². The molecule has 5 N–H and O–H groups in total. The molecule has 4 amide bonds. The molecule has 2 aliphatic heterocycles. The van der Waals surface area contributed by atoms with Crippen LogP contribution in [0.1, 0.15) is 68.3 Å². The summed E-state index contributed by atoms with van der Waals surface area (Å²) in [6.07, 6.45) is 5.91. The smallest absolute Gasteiger partial charge is 0.407 e. The van der Waals surface area contributed by atoms with E-state index in [1.54, 1.807) is 23.4 Å². The van der Waals surface area contributed by atoms with E-state index in [4.69, 9.17) is 9.47 Å². The molecule has 1 fully saturated rings.